The normalized spacial score (nSPS) is 13.9. The summed E-state index contributed by atoms with van der Waals surface area (Å²) >= 11 is 6.93. The van der Waals surface area contributed by atoms with E-state index in [9.17, 15) is 24.0 Å². The molecule has 0 aliphatic rings. The van der Waals surface area contributed by atoms with Gasteiger partial charge in [0.15, 0.2) is 35.2 Å². The first-order valence-electron chi connectivity index (χ1n) is 11.7. The zero-order valence-electron chi connectivity index (χ0n) is 22.0. The molecule has 0 bridgehead atoms. The van der Waals surface area contributed by atoms with Crippen molar-refractivity contribution in [1.29, 1.82) is 0 Å². The molecule has 0 radical (unpaired) electrons. The highest BCUT2D eigenvalue weighted by Gasteiger charge is 2.46. The average molecular weight is 597 g/mol. The maximum atomic E-state index is 12.2. The first-order valence-corrected chi connectivity index (χ1v) is 12.9. The summed E-state index contributed by atoms with van der Waals surface area (Å²) in [5, 5.41) is 13.3. The van der Waals surface area contributed by atoms with Gasteiger partial charge in [-0.3, -0.25) is 24.0 Å². The van der Waals surface area contributed by atoms with Gasteiger partial charge in [0.2, 0.25) is 4.96 Å². The van der Waals surface area contributed by atoms with Crippen LogP contribution in [0.3, 0.4) is 0 Å². The Morgan fingerprint density at radius 2 is 1.38 bits per heavy atom. The second-order valence-electron chi connectivity index (χ2n) is 8.29. The second-order valence-corrected chi connectivity index (χ2v) is 9.72. The lowest BCUT2D eigenvalue weighted by atomic mass is 10.0. The van der Waals surface area contributed by atoms with E-state index in [-0.39, 0.29) is 5.01 Å². The van der Waals surface area contributed by atoms with E-state index in [1.54, 1.807) is 24.3 Å². The maximum absolute atomic E-state index is 12.2. The Balaban J connectivity index is 2.14. The number of ether oxygens (including phenoxy) is 5. The van der Waals surface area contributed by atoms with Crippen molar-refractivity contribution in [3.05, 3.63) is 34.3 Å². The van der Waals surface area contributed by atoms with Crippen molar-refractivity contribution in [2.45, 2.75) is 59.0 Å². The molecule has 0 amide bonds. The largest absolute Gasteiger partial charge is 0.462 e. The molecule has 4 atom stereocenters. The average Bonchev–Trinajstić information content (AvgIpc) is 3.43. The molecule has 40 heavy (non-hydrogen) atoms. The Kier molecular flexibility index (Phi) is 10.1. The number of hydrogen-bond acceptors (Lipinski definition) is 14. The molecular formula is C24H25ClN4O10S. The molecule has 214 valence electrons. The fourth-order valence-corrected chi connectivity index (χ4v) is 4.64. The van der Waals surface area contributed by atoms with Crippen molar-refractivity contribution in [2.24, 2.45) is 0 Å². The highest BCUT2D eigenvalue weighted by Crippen LogP contribution is 2.34. The van der Waals surface area contributed by atoms with Gasteiger partial charge in [0.1, 0.15) is 6.61 Å². The number of esters is 5. The molecule has 14 nitrogen and oxygen atoms in total. The molecule has 0 saturated heterocycles. The van der Waals surface area contributed by atoms with Gasteiger partial charge in [-0.1, -0.05) is 22.9 Å². The van der Waals surface area contributed by atoms with Crippen LogP contribution in [0, 0.1) is 0 Å². The van der Waals surface area contributed by atoms with E-state index in [4.69, 9.17) is 35.3 Å². The molecule has 2 aromatic heterocycles. The van der Waals surface area contributed by atoms with Crippen LogP contribution < -0.4 is 0 Å². The Bertz CT molecular complexity index is 1410. The first kappa shape index (κ1) is 30.4. The van der Waals surface area contributed by atoms with Crippen molar-refractivity contribution in [3.8, 4) is 11.4 Å². The summed E-state index contributed by atoms with van der Waals surface area (Å²) in [4.78, 5) is 60.2. The van der Waals surface area contributed by atoms with Crippen LogP contribution in [0.5, 0.6) is 0 Å². The highest BCUT2D eigenvalue weighted by atomic mass is 35.5. The summed E-state index contributed by atoms with van der Waals surface area (Å²) in [5.41, 5.74) is 0.628. The zero-order valence-corrected chi connectivity index (χ0v) is 23.6. The van der Waals surface area contributed by atoms with Crippen LogP contribution >= 0.6 is 22.9 Å². The molecule has 1 aromatic carbocycles. The summed E-state index contributed by atoms with van der Waals surface area (Å²) in [6, 6.07) is 6.73. The van der Waals surface area contributed by atoms with Gasteiger partial charge in [0, 0.05) is 45.2 Å². The summed E-state index contributed by atoms with van der Waals surface area (Å²) in [6.07, 6.45) is -6.14. The van der Waals surface area contributed by atoms with E-state index in [2.05, 4.69) is 15.3 Å². The maximum Gasteiger partial charge on any atom is 0.303 e. The van der Waals surface area contributed by atoms with Crippen molar-refractivity contribution in [3.63, 3.8) is 0 Å². The minimum Gasteiger partial charge on any atom is -0.462 e. The minimum absolute atomic E-state index is 0.0766. The smallest absolute Gasteiger partial charge is 0.303 e. The first-order chi connectivity index (χ1) is 18.8. The zero-order chi connectivity index (χ0) is 29.6. The molecule has 0 saturated carbocycles. The summed E-state index contributed by atoms with van der Waals surface area (Å²) in [5.74, 6) is -3.69. The van der Waals surface area contributed by atoms with Crippen molar-refractivity contribution >= 4 is 57.7 Å². The van der Waals surface area contributed by atoms with E-state index in [0.717, 1.165) is 46.0 Å². The molecular weight excluding hydrogens is 572 g/mol. The van der Waals surface area contributed by atoms with Crippen LogP contribution in [-0.4, -0.2) is 74.6 Å². The lowest BCUT2D eigenvalue weighted by molar-refractivity contribution is -0.203. The number of rotatable bonds is 11. The lowest BCUT2D eigenvalue weighted by Gasteiger charge is -2.34. The van der Waals surface area contributed by atoms with E-state index < -0.39 is 60.9 Å². The van der Waals surface area contributed by atoms with Gasteiger partial charge in [-0.2, -0.15) is 9.61 Å². The van der Waals surface area contributed by atoms with E-state index in [1.165, 1.54) is 4.52 Å². The van der Waals surface area contributed by atoms with Crippen molar-refractivity contribution in [2.75, 3.05) is 6.61 Å². The molecule has 3 aromatic rings. The molecule has 16 heteroatoms. The minimum atomic E-state index is -1.60. The van der Waals surface area contributed by atoms with Crippen LogP contribution in [0.1, 0.15) is 45.7 Å². The van der Waals surface area contributed by atoms with Crippen LogP contribution in [0.2, 0.25) is 5.02 Å². The summed E-state index contributed by atoms with van der Waals surface area (Å²) in [7, 11) is 0. The fourth-order valence-electron chi connectivity index (χ4n) is 3.61. The van der Waals surface area contributed by atoms with Gasteiger partial charge < -0.3 is 23.7 Å². The molecule has 0 N–H and O–H groups in total. The molecule has 3 rings (SSSR count). The second kappa shape index (κ2) is 13.3. The van der Waals surface area contributed by atoms with Crippen LogP contribution in [0.15, 0.2) is 24.3 Å². The molecule has 0 aliphatic heterocycles. The summed E-state index contributed by atoms with van der Waals surface area (Å²) < 4.78 is 28.1. The van der Waals surface area contributed by atoms with Crippen molar-refractivity contribution in [1.82, 2.24) is 19.8 Å². The number of benzene rings is 1. The Morgan fingerprint density at radius 1 is 0.800 bits per heavy atom. The molecule has 0 spiro atoms. The van der Waals surface area contributed by atoms with Gasteiger partial charge in [-0.25, -0.2) is 0 Å². The van der Waals surface area contributed by atoms with E-state index >= 15 is 0 Å². The quantitative estimate of drug-likeness (QED) is 0.233. The van der Waals surface area contributed by atoms with Gasteiger partial charge >= 0.3 is 29.8 Å². The fraction of sp³-hybridized carbons (Fsp3) is 0.417. The third kappa shape index (κ3) is 7.95. The van der Waals surface area contributed by atoms with Gasteiger partial charge in [-0.05, 0) is 24.3 Å². The Labute approximate surface area is 236 Å². The topological polar surface area (TPSA) is 175 Å². The van der Waals surface area contributed by atoms with Crippen LogP contribution in [-0.2, 0) is 47.7 Å². The Morgan fingerprint density at radius 3 is 1.93 bits per heavy atom. The predicted molar refractivity (Wildman–Crippen MR) is 137 cm³/mol. The number of hydrogen-bond donors (Lipinski definition) is 0. The highest BCUT2D eigenvalue weighted by molar-refractivity contribution is 7.16. The van der Waals surface area contributed by atoms with Gasteiger partial charge in [-0.15, -0.1) is 10.2 Å². The van der Waals surface area contributed by atoms with Crippen LogP contribution in [0.25, 0.3) is 16.3 Å². The molecule has 0 unspecified atom stereocenters. The number of fused-ring (bicyclic) bond motifs is 1. The van der Waals surface area contributed by atoms with Gasteiger partial charge in [0.25, 0.3) is 0 Å². The third-order valence-electron chi connectivity index (χ3n) is 5.01. The molecule has 0 aliphatic carbocycles. The molecule has 2 heterocycles. The monoisotopic (exact) mass is 596 g/mol. The summed E-state index contributed by atoms with van der Waals surface area (Å²) in [6.45, 7) is 4.89. The van der Waals surface area contributed by atoms with Crippen LogP contribution in [0.4, 0.5) is 0 Å². The SMILES string of the molecule is CC(=O)OC[C@@H](OC(C)=O)[C@@H](OC(C)=O)[C@H](OC(C)=O)[C@@H](OC(C)=O)c1nn2c(-c3ccc(Cl)cc3)nnc2s1. The Hall–Kier alpha value is -4.11. The van der Waals surface area contributed by atoms with E-state index in [1.807, 2.05) is 0 Å². The third-order valence-corrected chi connectivity index (χ3v) is 6.22. The number of aromatic nitrogens is 4. The standard InChI is InChI=1S/C24H25ClN4O10S/c1-11(30)35-10-18(36-12(2)31)19(37-13(3)32)20(38-14(4)33)21(39-15(5)34)23-28-29-22(26-27-24(29)40-23)16-6-8-17(25)9-7-16/h6-9,18-21H,10H2,1-5H3/t18-,19-,20+,21-/m1/s1. The van der Waals surface area contributed by atoms with E-state index in [0.29, 0.717) is 21.4 Å². The lowest BCUT2D eigenvalue weighted by Crippen LogP contribution is -2.50. The number of carbonyl (C=O) groups excluding carboxylic acids is 5. The van der Waals surface area contributed by atoms with Gasteiger partial charge in [0.05, 0.1) is 0 Å². The molecule has 0 fully saturated rings. The number of nitrogens with zero attached hydrogens (tertiary/aromatic N) is 4. The van der Waals surface area contributed by atoms with Crippen molar-refractivity contribution < 1.29 is 47.7 Å². The predicted octanol–water partition coefficient (Wildman–Crippen LogP) is 2.47. The number of halogens is 1. The number of carbonyl (C=O) groups is 5.